The van der Waals surface area contributed by atoms with Crippen LogP contribution in [0.2, 0.25) is 0 Å². The first-order chi connectivity index (χ1) is 8.83. The zero-order valence-electron chi connectivity index (χ0n) is 10.9. The number of hydrogen-bond acceptors (Lipinski definition) is 2. The highest BCUT2D eigenvalue weighted by Gasteiger charge is 2.16. The minimum atomic E-state index is 0.615. The molecule has 1 heterocycles. The Labute approximate surface area is 108 Å². The van der Waals surface area contributed by atoms with Crippen molar-refractivity contribution < 1.29 is 0 Å². The smallest absolute Gasteiger partial charge is 0.0881 e. The van der Waals surface area contributed by atoms with Crippen molar-refractivity contribution in [3.05, 3.63) is 24.4 Å². The van der Waals surface area contributed by atoms with Gasteiger partial charge in [0.15, 0.2) is 0 Å². The van der Waals surface area contributed by atoms with Crippen molar-refractivity contribution in [3.8, 4) is 0 Å². The molecule has 2 unspecified atom stereocenters. The molecule has 2 atom stereocenters. The SMILES string of the molecule is CC1CCCC(Nc2cccc3cn[nH]c23)CC1. The predicted octanol–water partition coefficient (Wildman–Crippen LogP) is 3.94. The van der Waals surface area contributed by atoms with Crippen molar-refractivity contribution in [3.63, 3.8) is 0 Å². The summed E-state index contributed by atoms with van der Waals surface area (Å²) in [5.74, 6) is 0.889. The number of aromatic amines is 1. The van der Waals surface area contributed by atoms with Gasteiger partial charge in [-0.2, -0.15) is 5.10 Å². The molecule has 18 heavy (non-hydrogen) atoms. The van der Waals surface area contributed by atoms with Crippen LogP contribution in [0.25, 0.3) is 10.9 Å². The lowest BCUT2D eigenvalue weighted by atomic mass is 10.0. The Hall–Kier alpha value is -1.51. The summed E-state index contributed by atoms with van der Waals surface area (Å²) in [6, 6.07) is 6.96. The van der Waals surface area contributed by atoms with Gasteiger partial charge in [0.2, 0.25) is 0 Å². The van der Waals surface area contributed by atoms with E-state index < -0.39 is 0 Å². The van der Waals surface area contributed by atoms with Crippen molar-refractivity contribution >= 4 is 16.6 Å². The summed E-state index contributed by atoms with van der Waals surface area (Å²) in [5, 5.41) is 12.1. The van der Waals surface area contributed by atoms with E-state index in [0.29, 0.717) is 6.04 Å². The van der Waals surface area contributed by atoms with Crippen LogP contribution in [-0.2, 0) is 0 Å². The van der Waals surface area contributed by atoms with Gasteiger partial charge in [-0.1, -0.05) is 31.9 Å². The number of rotatable bonds is 2. The summed E-state index contributed by atoms with van der Waals surface area (Å²) in [7, 11) is 0. The Balaban J connectivity index is 1.77. The topological polar surface area (TPSA) is 40.7 Å². The Bertz CT molecular complexity index is 517. The van der Waals surface area contributed by atoms with E-state index in [1.807, 2.05) is 6.20 Å². The Kier molecular flexibility index (Phi) is 3.22. The molecule has 0 bridgehead atoms. The minimum Gasteiger partial charge on any atom is -0.381 e. The fraction of sp³-hybridized carbons (Fsp3) is 0.533. The lowest BCUT2D eigenvalue weighted by molar-refractivity contribution is 0.502. The number of H-pyrrole nitrogens is 1. The van der Waals surface area contributed by atoms with Crippen LogP contribution in [0, 0.1) is 5.92 Å². The summed E-state index contributed by atoms with van der Waals surface area (Å²) in [6.45, 7) is 2.37. The molecule has 1 aromatic heterocycles. The first-order valence-electron chi connectivity index (χ1n) is 7.01. The van der Waals surface area contributed by atoms with Crippen LogP contribution in [0.4, 0.5) is 5.69 Å². The third-order valence-corrected chi connectivity index (χ3v) is 4.09. The van der Waals surface area contributed by atoms with Gasteiger partial charge in [0.1, 0.15) is 0 Å². The van der Waals surface area contributed by atoms with Crippen molar-refractivity contribution in [2.45, 2.75) is 45.1 Å². The van der Waals surface area contributed by atoms with Crippen LogP contribution in [0.1, 0.15) is 39.0 Å². The van der Waals surface area contributed by atoms with Gasteiger partial charge in [0.25, 0.3) is 0 Å². The van der Waals surface area contributed by atoms with Gasteiger partial charge >= 0.3 is 0 Å². The van der Waals surface area contributed by atoms with Crippen molar-refractivity contribution in [2.24, 2.45) is 5.92 Å². The molecule has 3 nitrogen and oxygen atoms in total. The zero-order chi connectivity index (χ0) is 12.4. The fourth-order valence-electron chi connectivity index (χ4n) is 2.94. The molecule has 0 radical (unpaired) electrons. The molecular formula is C15H21N3. The molecule has 3 rings (SSSR count). The molecule has 0 saturated heterocycles. The molecule has 0 spiro atoms. The highest BCUT2D eigenvalue weighted by molar-refractivity contribution is 5.89. The molecule has 1 saturated carbocycles. The molecule has 1 fully saturated rings. The summed E-state index contributed by atoms with van der Waals surface area (Å²) < 4.78 is 0. The van der Waals surface area contributed by atoms with Crippen molar-refractivity contribution in [2.75, 3.05) is 5.32 Å². The molecule has 96 valence electrons. The highest BCUT2D eigenvalue weighted by Crippen LogP contribution is 2.27. The quantitative estimate of drug-likeness (QED) is 0.784. The first kappa shape index (κ1) is 11.6. The maximum absolute atomic E-state index is 4.12. The van der Waals surface area contributed by atoms with Gasteiger partial charge < -0.3 is 5.32 Å². The first-order valence-corrected chi connectivity index (χ1v) is 7.01. The van der Waals surface area contributed by atoms with Crippen molar-refractivity contribution in [1.29, 1.82) is 0 Å². The second-order valence-electron chi connectivity index (χ2n) is 5.59. The lowest BCUT2D eigenvalue weighted by Gasteiger charge is -2.18. The zero-order valence-corrected chi connectivity index (χ0v) is 10.9. The number of hydrogen-bond donors (Lipinski definition) is 2. The van der Waals surface area contributed by atoms with Gasteiger partial charge in [-0.15, -0.1) is 0 Å². The average molecular weight is 243 g/mol. The van der Waals surface area contributed by atoms with Gasteiger partial charge in [0, 0.05) is 11.4 Å². The number of para-hydroxylation sites is 1. The van der Waals surface area contributed by atoms with E-state index in [4.69, 9.17) is 0 Å². The van der Waals surface area contributed by atoms with Crippen LogP contribution >= 0.6 is 0 Å². The van der Waals surface area contributed by atoms with E-state index >= 15 is 0 Å². The van der Waals surface area contributed by atoms with E-state index in [1.54, 1.807) is 0 Å². The molecule has 0 amide bonds. The van der Waals surface area contributed by atoms with Gasteiger partial charge in [-0.3, -0.25) is 5.10 Å². The van der Waals surface area contributed by atoms with Gasteiger partial charge in [-0.05, 0) is 31.2 Å². The van der Waals surface area contributed by atoms with Crippen LogP contribution in [0.5, 0.6) is 0 Å². The molecule has 3 heteroatoms. The number of fused-ring (bicyclic) bond motifs is 1. The molecule has 1 aliphatic carbocycles. The molecular weight excluding hydrogens is 222 g/mol. The maximum Gasteiger partial charge on any atom is 0.0881 e. The van der Waals surface area contributed by atoms with E-state index in [9.17, 15) is 0 Å². The summed E-state index contributed by atoms with van der Waals surface area (Å²) in [6.07, 6.45) is 8.52. The van der Waals surface area contributed by atoms with Crippen LogP contribution in [0.3, 0.4) is 0 Å². The number of anilines is 1. The minimum absolute atomic E-state index is 0.615. The van der Waals surface area contributed by atoms with E-state index in [2.05, 4.69) is 40.6 Å². The predicted molar refractivity (Wildman–Crippen MR) is 75.8 cm³/mol. The Morgan fingerprint density at radius 3 is 3.11 bits per heavy atom. The molecule has 2 N–H and O–H groups in total. The summed E-state index contributed by atoms with van der Waals surface area (Å²) >= 11 is 0. The maximum atomic E-state index is 4.12. The van der Waals surface area contributed by atoms with Gasteiger partial charge in [0.05, 0.1) is 17.4 Å². The van der Waals surface area contributed by atoms with Crippen LogP contribution < -0.4 is 5.32 Å². The second-order valence-corrected chi connectivity index (χ2v) is 5.59. The molecule has 2 aromatic rings. The molecule has 1 aliphatic rings. The third-order valence-electron chi connectivity index (χ3n) is 4.09. The van der Waals surface area contributed by atoms with Gasteiger partial charge in [-0.25, -0.2) is 0 Å². The standard InChI is InChI=1S/C15H21N3/c1-11-4-2-6-13(9-8-11)17-14-7-3-5-12-10-16-18-15(12)14/h3,5,7,10-11,13,17H,2,4,6,8-9H2,1H3,(H,16,18). The number of aromatic nitrogens is 2. The van der Waals surface area contributed by atoms with E-state index in [-0.39, 0.29) is 0 Å². The van der Waals surface area contributed by atoms with E-state index in [1.165, 1.54) is 43.2 Å². The largest absolute Gasteiger partial charge is 0.381 e. The lowest BCUT2D eigenvalue weighted by Crippen LogP contribution is -2.18. The van der Waals surface area contributed by atoms with Crippen LogP contribution in [0.15, 0.2) is 24.4 Å². The highest BCUT2D eigenvalue weighted by atomic mass is 15.1. The van der Waals surface area contributed by atoms with Crippen LogP contribution in [-0.4, -0.2) is 16.2 Å². The number of nitrogens with one attached hydrogen (secondary N) is 2. The Morgan fingerprint density at radius 1 is 1.22 bits per heavy atom. The number of benzene rings is 1. The third kappa shape index (κ3) is 2.35. The number of nitrogens with zero attached hydrogens (tertiary/aromatic N) is 1. The molecule has 0 aliphatic heterocycles. The normalized spacial score (nSPS) is 24.9. The summed E-state index contributed by atoms with van der Waals surface area (Å²) in [5.41, 5.74) is 2.33. The average Bonchev–Trinajstić information content (AvgIpc) is 2.76. The van der Waals surface area contributed by atoms with E-state index in [0.717, 1.165) is 11.4 Å². The van der Waals surface area contributed by atoms with Crippen molar-refractivity contribution in [1.82, 2.24) is 10.2 Å². The second kappa shape index (κ2) is 5.01. The summed E-state index contributed by atoms with van der Waals surface area (Å²) in [4.78, 5) is 0. The monoisotopic (exact) mass is 243 g/mol. The Morgan fingerprint density at radius 2 is 2.17 bits per heavy atom. The molecule has 1 aromatic carbocycles. The fourth-order valence-corrected chi connectivity index (χ4v) is 2.94.